The SMILES string of the molecule is Cc1c(F)ccc2onc(OCCN)c12.Cl. The van der Waals surface area contributed by atoms with Gasteiger partial charge in [-0.1, -0.05) is 0 Å². The molecule has 0 fully saturated rings. The topological polar surface area (TPSA) is 61.3 Å². The molecule has 0 saturated heterocycles. The molecule has 2 aromatic rings. The third-order valence-corrected chi connectivity index (χ3v) is 2.16. The van der Waals surface area contributed by atoms with Crippen LogP contribution in [0.15, 0.2) is 16.7 Å². The van der Waals surface area contributed by atoms with Crippen LogP contribution in [0, 0.1) is 12.7 Å². The van der Waals surface area contributed by atoms with Gasteiger partial charge < -0.3 is 15.0 Å². The van der Waals surface area contributed by atoms with Gasteiger partial charge in [0.1, 0.15) is 12.4 Å². The Labute approximate surface area is 97.9 Å². The van der Waals surface area contributed by atoms with Crippen molar-refractivity contribution < 1.29 is 13.7 Å². The zero-order chi connectivity index (χ0) is 10.8. The van der Waals surface area contributed by atoms with Gasteiger partial charge in [0.15, 0.2) is 5.58 Å². The van der Waals surface area contributed by atoms with Gasteiger partial charge in [0.25, 0.3) is 5.88 Å². The van der Waals surface area contributed by atoms with Crippen molar-refractivity contribution in [3.63, 3.8) is 0 Å². The Bertz CT molecular complexity index is 487. The van der Waals surface area contributed by atoms with Gasteiger partial charge >= 0.3 is 0 Å². The summed E-state index contributed by atoms with van der Waals surface area (Å²) in [4.78, 5) is 0. The summed E-state index contributed by atoms with van der Waals surface area (Å²) in [5.41, 5.74) is 6.29. The van der Waals surface area contributed by atoms with Crippen LogP contribution in [0.2, 0.25) is 0 Å². The number of halogens is 2. The third-order valence-electron chi connectivity index (χ3n) is 2.16. The quantitative estimate of drug-likeness (QED) is 0.900. The van der Waals surface area contributed by atoms with E-state index in [1.165, 1.54) is 12.1 Å². The van der Waals surface area contributed by atoms with E-state index < -0.39 is 0 Å². The van der Waals surface area contributed by atoms with Crippen LogP contribution in [-0.2, 0) is 0 Å². The molecule has 0 aliphatic rings. The molecule has 0 atom stereocenters. The average Bonchev–Trinajstić information content (AvgIpc) is 2.64. The second-order valence-electron chi connectivity index (χ2n) is 3.17. The first-order valence-corrected chi connectivity index (χ1v) is 4.61. The molecule has 0 radical (unpaired) electrons. The number of nitrogens with two attached hydrogens (primary N) is 1. The van der Waals surface area contributed by atoms with E-state index in [4.69, 9.17) is 15.0 Å². The Balaban J connectivity index is 0.00000128. The minimum Gasteiger partial charge on any atom is -0.474 e. The molecule has 0 unspecified atom stereocenters. The van der Waals surface area contributed by atoms with Crippen molar-refractivity contribution in [3.8, 4) is 5.88 Å². The van der Waals surface area contributed by atoms with Crippen LogP contribution in [0.25, 0.3) is 11.0 Å². The molecule has 0 aliphatic heterocycles. The number of aryl methyl sites for hydroxylation is 1. The van der Waals surface area contributed by atoms with Crippen molar-refractivity contribution in [2.45, 2.75) is 6.92 Å². The second kappa shape index (κ2) is 5.14. The smallest absolute Gasteiger partial charge is 0.262 e. The summed E-state index contributed by atoms with van der Waals surface area (Å²) >= 11 is 0. The fourth-order valence-corrected chi connectivity index (χ4v) is 1.39. The van der Waals surface area contributed by atoms with Crippen molar-refractivity contribution in [2.24, 2.45) is 5.73 Å². The number of ether oxygens (including phenoxy) is 1. The highest BCUT2D eigenvalue weighted by molar-refractivity contribution is 5.86. The number of benzene rings is 1. The molecular weight excluding hydrogens is 235 g/mol. The number of aromatic nitrogens is 1. The molecule has 4 nitrogen and oxygen atoms in total. The summed E-state index contributed by atoms with van der Waals surface area (Å²) < 4.78 is 23.5. The summed E-state index contributed by atoms with van der Waals surface area (Å²) in [7, 11) is 0. The van der Waals surface area contributed by atoms with Gasteiger partial charge in [-0.25, -0.2) is 4.39 Å². The predicted octanol–water partition coefficient (Wildman–Crippen LogP) is 2.03. The molecule has 0 saturated carbocycles. The number of fused-ring (bicyclic) bond motifs is 1. The van der Waals surface area contributed by atoms with Crippen LogP contribution in [0.1, 0.15) is 5.56 Å². The van der Waals surface area contributed by atoms with E-state index in [1.807, 2.05) is 0 Å². The number of hydrogen-bond acceptors (Lipinski definition) is 4. The lowest BCUT2D eigenvalue weighted by atomic mass is 10.1. The summed E-state index contributed by atoms with van der Waals surface area (Å²) in [6.07, 6.45) is 0. The Morgan fingerprint density at radius 1 is 1.50 bits per heavy atom. The normalized spacial score (nSPS) is 10.2. The first-order valence-electron chi connectivity index (χ1n) is 4.61. The first kappa shape index (κ1) is 12.7. The minimum atomic E-state index is -0.303. The zero-order valence-electron chi connectivity index (χ0n) is 8.70. The minimum absolute atomic E-state index is 0. The molecule has 0 aliphatic carbocycles. The van der Waals surface area contributed by atoms with Crippen LogP contribution in [0.3, 0.4) is 0 Å². The van der Waals surface area contributed by atoms with Gasteiger partial charge in [-0.05, 0) is 24.2 Å². The van der Waals surface area contributed by atoms with E-state index in [1.54, 1.807) is 6.92 Å². The van der Waals surface area contributed by atoms with Crippen LogP contribution in [0.4, 0.5) is 4.39 Å². The van der Waals surface area contributed by atoms with Gasteiger partial charge in [0.05, 0.1) is 5.39 Å². The number of hydrogen-bond donors (Lipinski definition) is 1. The van der Waals surface area contributed by atoms with Crippen LogP contribution in [0.5, 0.6) is 5.88 Å². The van der Waals surface area contributed by atoms with E-state index >= 15 is 0 Å². The van der Waals surface area contributed by atoms with E-state index in [0.717, 1.165) is 0 Å². The summed E-state index contributed by atoms with van der Waals surface area (Å²) in [5.74, 6) is -0.00394. The molecule has 1 heterocycles. The molecule has 0 spiro atoms. The lowest BCUT2D eigenvalue weighted by molar-refractivity contribution is 0.293. The average molecular weight is 247 g/mol. The predicted molar refractivity (Wildman–Crippen MR) is 60.5 cm³/mol. The Hall–Kier alpha value is -1.33. The fraction of sp³-hybridized carbons (Fsp3) is 0.300. The van der Waals surface area contributed by atoms with Gasteiger partial charge in [0, 0.05) is 12.1 Å². The highest BCUT2D eigenvalue weighted by atomic mass is 35.5. The summed E-state index contributed by atoms with van der Waals surface area (Å²) in [5, 5.41) is 4.29. The van der Waals surface area contributed by atoms with E-state index in [9.17, 15) is 4.39 Å². The highest BCUT2D eigenvalue weighted by Crippen LogP contribution is 2.29. The van der Waals surface area contributed by atoms with E-state index in [0.29, 0.717) is 35.6 Å². The van der Waals surface area contributed by atoms with Crippen molar-refractivity contribution in [2.75, 3.05) is 13.2 Å². The zero-order valence-corrected chi connectivity index (χ0v) is 9.51. The maximum Gasteiger partial charge on any atom is 0.262 e. The lowest BCUT2D eigenvalue weighted by Crippen LogP contribution is -2.10. The third kappa shape index (κ3) is 2.10. The van der Waals surface area contributed by atoms with Gasteiger partial charge in [-0.2, -0.15) is 0 Å². The van der Waals surface area contributed by atoms with Crippen molar-refractivity contribution in [1.82, 2.24) is 5.16 Å². The van der Waals surface area contributed by atoms with Gasteiger partial charge in [0.2, 0.25) is 0 Å². The lowest BCUT2D eigenvalue weighted by Gasteiger charge is -2.01. The molecule has 2 N–H and O–H groups in total. The van der Waals surface area contributed by atoms with E-state index in [-0.39, 0.29) is 18.2 Å². The molecule has 0 bridgehead atoms. The molecule has 1 aromatic heterocycles. The molecule has 16 heavy (non-hydrogen) atoms. The van der Waals surface area contributed by atoms with E-state index in [2.05, 4.69) is 5.16 Å². The van der Waals surface area contributed by atoms with Crippen LogP contribution >= 0.6 is 12.4 Å². The summed E-state index contributed by atoms with van der Waals surface area (Å²) in [6, 6.07) is 2.87. The maximum atomic E-state index is 13.3. The largest absolute Gasteiger partial charge is 0.474 e. The summed E-state index contributed by atoms with van der Waals surface area (Å²) in [6.45, 7) is 2.37. The molecule has 6 heteroatoms. The van der Waals surface area contributed by atoms with Crippen LogP contribution < -0.4 is 10.5 Å². The monoisotopic (exact) mass is 246 g/mol. The first-order chi connectivity index (χ1) is 7.24. The number of nitrogens with zero attached hydrogens (tertiary/aromatic N) is 1. The van der Waals surface area contributed by atoms with Crippen molar-refractivity contribution in [1.29, 1.82) is 0 Å². The van der Waals surface area contributed by atoms with Crippen molar-refractivity contribution >= 4 is 23.4 Å². The number of rotatable bonds is 3. The molecule has 88 valence electrons. The maximum absolute atomic E-state index is 13.3. The highest BCUT2D eigenvalue weighted by Gasteiger charge is 2.14. The Kier molecular flexibility index (Phi) is 4.09. The Morgan fingerprint density at radius 2 is 2.25 bits per heavy atom. The second-order valence-corrected chi connectivity index (χ2v) is 3.17. The van der Waals surface area contributed by atoms with Gasteiger partial charge in [-0.15, -0.1) is 12.4 Å². The molecular formula is C10H12ClFN2O2. The van der Waals surface area contributed by atoms with Gasteiger partial charge in [-0.3, -0.25) is 0 Å². The Morgan fingerprint density at radius 3 is 2.94 bits per heavy atom. The molecule has 1 aromatic carbocycles. The molecule has 0 amide bonds. The fourth-order valence-electron chi connectivity index (χ4n) is 1.39. The van der Waals surface area contributed by atoms with Crippen molar-refractivity contribution in [3.05, 3.63) is 23.5 Å². The van der Waals surface area contributed by atoms with Crippen LogP contribution in [-0.4, -0.2) is 18.3 Å². The molecule has 2 rings (SSSR count). The standard InChI is InChI=1S/C10H11FN2O2.ClH/c1-6-7(11)2-3-8-9(6)10(13-15-8)14-5-4-12;/h2-3H,4-5,12H2,1H3;1H.